The van der Waals surface area contributed by atoms with Crippen LogP contribution in [0.25, 0.3) is 11.1 Å². The first kappa shape index (κ1) is 20.3. The number of aromatic carboxylic acids is 1. The average molecular weight is 417 g/mol. The van der Waals surface area contributed by atoms with Gasteiger partial charge in [0, 0.05) is 17.7 Å². The highest BCUT2D eigenvalue weighted by Gasteiger charge is 2.19. The molecule has 9 heteroatoms. The van der Waals surface area contributed by atoms with Gasteiger partial charge in [-0.2, -0.15) is 0 Å². The molecule has 1 unspecified atom stereocenters. The molecule has 0 aliphatic carbocycles. The number of rotatable bonds is 6. The molecule has 3 aromatic carbocycles. The van der Waals surface area contributed by atoms with Gasteiger partial charge in [0.05, 0.1) is 18.5 Å². The molecule has 7 nitrogen and oxygen atoms in total. The lowest BCUT2D eigenvalue weighted by Crippen LogP contribution is -2.19. The van der Waals surface area contributed by atoms with Gasteiger partial charge in [-0.1, -0.05) is 12.1 Å². The summed E-state index contributed by atoms with van der Waals surface area (Å²) in [5.74, 6) is -2.03. The number of carboxylic acids is 1. The quantitative estimate of drug-likeness (QED) is 0.520. The number of hydrogen-bond donors (Lipinski definition) is 3. The number of phenols is 1. The molecule has 0 saturated heterocycles. The van der Waals surface area contributed by atoms with Crippen molar-refractivity contribution in [2.45, 2.75) is 0 Å². The van der Waals surface area contributed by atoms with Gasteiger partial charge < -0.3 is 14.9 Å². The third-order valence-electron chi connectivity index (χ3n) is 4.16. The first-order valence-corrected chi connectivity index (χ1v) is 9.29. The van der Waals surface area contributed by atoms with Gasteiger partial charge in [0.1, 0.15) is 22.9 Å². The van der Waals surface area contributed by atoms with E-state index >= 15 is 0 Å². The fourth-order valence-corrected chi connectivity index (χ4v) is 3.45. The van der Waals surface area contributed by atoms with E-state index < -0.39 is 28.8 Å². The molecular formula is C20H16FNO6S. The first-order chi connectivity index (χ1) is 13.8. The summed E-state index contributed by atoms with van der Waals surface area (Å²) in [6, 6.07) is 14.1. The van der Waals surface area contributed by atoms with Crippen LogP contribution in [-0.2, 0) is 11.3 Å². The predicted octanol–water partition coefficient (Wildman–Crippen LogP) is 4.18. The Kier molecular flexibility index (Phi) is 5.81. The van der Waals surface area contributed by atoms with E-state index in [2.05, 4.69) is 0 Å². The highest BCUT2D eigenvalue weighted by molar-refractivity contribution is 7.81. The van der Waals surface area contributed by atoms with Crippen LogP contribution in [-0.4, -0.2) is 32.1 Å². The molecule has 0 spiro atoms. The Morgan fingerprint density at radius 2 is 1.79 bits per heavy atom. The lowest BCUT2D eigenvalue weighted by atomic mass is 10.0. The van der Waals surface area contributed by atoms with Crippen molar-refractivity contribution in [3.8, 4) is 22.6 Å². The topological polar surface area (TPSA) is 107 Å². The minimum absolute atomic E-state index is 0.108. The number of methoxy groups -OCH3 is 1. The predicted molar refractivity (Wildman–Crippen MR) is 106 cm³/mol. The molecule has 29 heavy (non-hydrogen) atoms. The monoisotopic (exact) mass is 417 g/mol. The van der Waals surface area contributed by atoms with Crippen molar-refractivity contribution >= 4 is 28.6 Å². The minimum atomic E-state index is -2.52. The number of nitrogens with zero attached hydrogens (tertiary/aromatic N) is 1. The highest BCUT2D eigenvalue weighted by atomic mass is 32.2. The molecule has 0 aliphatic rings. The Morgan fingerprint density at radius 3 is 2.41 bits per heavy atom. The van der Waals surface area contributed by atoms with E-state index in [1.54, 1.807) is 24.3 Å². The maximum absolute atomic E-state index is 13.5. The van der Waals surface area contributed by atoms with Gasteiger partial charge in [0.2, 0.25) is 0 Å². The Balaban J connectivity index is 2.09. The molecule has 0 amide bonds. The number of halogens is 1. The number of anilines is 2. The molecule has 0 heterocycles. The zero-order valence-corrected chi connectivity index (χ0v) is 15.9. The van der Waals surface area contributed by atoms with Gasteiger partial charge in [0.25, 0.3) is 11.3 Å². The third-order valence-corrected chi connectivity index (χ3v) is 4.89. The Hall–Kier alpha value is -3.43. The summed E-state index contributed by atoms with van der Waals surface area (Å²) in [6.07, 6.45) is 0. The molecule has 3 N–H and O–H groups in total. The van der Waals surface area contributed by atoms with E-state index in [0.717, 1.165) is 16.4 Å². The molecule has 0 radical (unpaired) electrons. The molecule has 0 fully saturated rings. The zero-order valence-electron chi connectivity index (χ0n) is 15.1. The van der Waals surface area contributed by atoms with Gasteiger partial charge in [0.15, 0.2) is 0 Å². The Bertz CT molecular complexity index is 1100. The van der Waals surface area contributed by atoms with Crippen LogP contribution in [0.2, 0.25) is 0 Å². The van der Waals surface area contributed by atoms with E-state index in [4.69, 9.17) is 9.84 Å². The SMILES string of the molecule is COc1cc(F)ccc1-c1cccc(N(c2ccc(C(=O)O)c(O)c2)S(=O)O)c1. The molecule has 150 valence electrons. The number of carboxylic acid groups (broad SMARTS) is 1. The molecule has 1 atom stereocenters. The summed E-state index contributed by atoms with van der Waals surface area (Å²) >= 11 is -2.52. The van der Waals surface area contributed by atoms with Crippen molar-refractivity contribution in [1.82, 2.24) is 0 Å². The van der Waals surface area contributed by atoms with Crippen LogP contribution in [0.5, 0.6) is 11.5 Å². The second kappa shape index (κ2) is 8.29. The largest absolute Gasteiger partial charge is 0.507 e. The molecule has 3 aromatic rings. The van der Waals surface area contributed by atoms with Crippen LogP contribution in [0.3, 0.4) is 0 Å². The van der Waals surface area contributed by atoms with Crippen LogP contribution in [0.1, 0.15) is 10.4 Å². The number of benzene rings is 3. The molecule has 0 aromatic heterocycles. The van der Waals surface area contributed by atoms with E-state index in [0.29, 0.717) is 16.9 Å². The minimum Gasteiger partial charge on any atom is -0.507 e. The maximum atomic E-state index is 13.5. The van der Waals surface area contributed by atoms with Crippen LogP contribution in [0.15, 0.2) is 60.7 Å². The van der Waals surface area contributed by atoms with Gasteiger partial charge in [-0.05, 0) is 42.0 Å². The normalized spacial score (nSPS) is 11.7. The van der Waals surface area contributed by atoms with Crippen molar-refractivity contribution in [3.05, 3.63) is 72.0 Å². The van der Waals surface area contributed by atoms with Crippen LogP contribution in [0.4, 0.5) is 15.8 Å². The Morgan fingerprint density at radius 1 is 1.07 bits per heavy atom. The molecule has 0 aliphatic heterocycles. The Labute approximate surface area is 168 Å². The number of ether oxygens (including phenoxy) is 1. The van der Waals surface area contributed by atoms with E-state index in [9.17, 15) is 23.1 Å². The van der Waals surface area contributed by atoms with Gasteiger partial charge in [-0.25, -0.2) is 17.7 Å². The average Bonchev–Trinajstić information content (AvgIpc) is 2.67. The second-order valence-electron chi connectivity index (χ2n) is 5.93. The molecule has 0 bridgehead atoms. The van der Waals surface area contributed by atoms with Gasteiger partial charge >= 0.3 is 5.97 Å². The molecular weight excluding hydrogens is 401 g/mol. The molecule has 0 saturated carbocycles. The fourth-order valence-electron chi connectivity index (χ4n) is 2.86. The lowest BCUT2D eigenvalue weighted by molar-refractivity contribution is 0.0693. The van der Waals surface area contributed by atoms with Crippen molar-refractivity contribution in [2.24, 2.45) is 0 Å². The summed E-state index contributed by atoms with van der Waals surface area (Å²) in [7, 11) is 1.41. The number of aromatic hydroxyl groups is 1. The van der Waals surface area contributed by atoms with Crippen LogP contribution < -0.4 is 9.04 Å². The van der Waals surface area contributed by atoms with E-state index in [1.807, 2.05) is 0 Å². The highest BCUT2D eigenvalue weighted by Crippen LogP contribution is 2.36. The van der Waals surface area contributed by atoms with Gasteiger partial charge in [-0.15, -0.1) is 0 Å². The third kappa shape index (κ3) is 4.20. The van der Waals surface area contributed by atoms with Crippen LogP contribution in [0, 0.1) is 5.82 Å². The summed E-state index contributed by atoms with van der Waals surface area (Å²) in [5, 5.41) is 19.0. The van der Waals surface area contributed by atoms with Crippen LogP contribution >= 0.6 is 0 Å². The number of carbonyl (C=O) groups is 1. The van der Waals surface area contributed by atoms with Crippen molar-refractivity contribution in [3.63, 3.8) is 0 Å². The summed E-state index contributed by atoms with van der Waals surface area (Å²) in [6.45, 7) is 0. The standard InChI is InChI=1S/C20H16FNO6S/c1-28-19-10-13(21)5-7-16(19)12-3-2-4-14(9-12)22(29(26)27)15-6-8-17(20(24)25)18(23)11-15/h2-11,23H,1H3,(H,24,25)(H,26,27). The van der Waals surface area contributed by atoms with E-state index in [-0.39, 0.29) is 16.9 Å². The summed E-state index contributed by atoms with van der Waals surface area (Å²) < 4.78 is 41.5. The van der Waals surface area contributed by atoms with E-state index in [1.165, 1.54) is 31.4 Å². The maximum Gasteiger partial charge on any atom is 0.339 e. The number of hydrogen-bond acceptors (Lipinski definition) is 4. The first-order valence-electron chi connectivity index (χ1n) is 8.23. The zero-order chi connectivity index (χ0) is 21.1. The van der Waals surface area contributed by atoms with Crippen molar-refractivity contribution < 1.29 is 32.9 Å². The van der Waals surface area contributed by atoms with Crippen molar-refractivity contribution in [1.29, 1.82) is 0 Å². The summed E-state index contributed by atoms with van der Waals surface area (Å²) in [4.78, 5) is 11.1. The van der Waals surface area contributed by atoms with Crippen molar-refractivity contribution in [2.75, 3.05) is 11.4 Å². The second-order valence-corrected chi connectivity index (χ2v) is 6.75. The smallest absolute Gasteiger partial charge is 0.339 e. The summed E-state index contributed by atoms with van der Waals surface area (Å²) in [5.41, 5.74) is 1.24. The fraction of sp³-hybridized carbons (Fsp3) is 0.0500. The molecule has 3 rings (SSSR count). The van der Waals surface area contributed by atoms with Gasteiger partial charge in [-0.3, -0.25) is 4.55 Å². The lowest BCUT2D eigenvalue weighted by Gasteiger charge is -2.21.